The van der Waals surface area contributed by atoms with Crippen molar-refractivity contribution in [3.8, 4) is 0 Å². The summed E-state index contributed by atoms with van der Waals surface area (Å²) in [5.41, 5.74) is 1.06. The number of hydrogen-bond acceptors (Lipinski definition) is 2. The van der Waals surface area contributed by atoms with Gasteiger partial charge in [-0.2, -0.15) is 0 Å². The summed E-state index contributed by atoms with van der Waals surface area (Å²) in [5, 5.41) is 4.83. The fourth-order valence-corrected chi connectivity index (χ4v) is 2.74. The summed E-state index contributed by atoms with van der Waals surface area (Å²) >= 11 is 12.1. The van der Waals surface area contributed by atoms with Crippen molar-refractivity contribution < 1.29 is 0 Å². The van der Waals surface area contributed by atoms with Gasteiger partial charge >= 0.3 is 0 Å². The number of hydrogen-bond donors (Lipinski definition) is 1. The Morgan fingerprint density at radius 3 is 2.83 bits per heavy atom. The third-order valence-corrected chi connectivity index (χ3v) is 3.75. The molecule has 0 fully saturated rings. The molecule has 0 saturated heterocycles. The first-order valence-corrected chi connectivity index (χ1v) is 7.17. The van der Waals surface area contributed by atoms with Crippen LogP contribution in [0.2, 0.25) is 10.0 Å². The highest BCUT2D eigenvalue weighted by atomic mass is 35.5. The van der Waals surface area contributed by atoms with E-state index in [1.807, 2.05) is 12.1 Å². The smallest absolute Gasteiger partial charge is 0.0967 e. The third-order valence-electron chi connectivity index (χ3n) is 3.19. The normalized spacial score (nSPS) is 17.8. The zero-order chi connectivity index (χ0) is 13.0. The summed E-state index contributed by atoms with van der Waals surface area (Å²) in [5.74, 6) is 1.10. The Hall–Kier alpha value is -0.730. The van der Waals surface area contributed by atoms with Gasteiger partial charge in [-0.25, -0.2) is 0 Å². The molecule has 1 heterocycles. The number of benzene rings is 1. The largest absolute Gasteiger partial charge is 0.367 e. The fraction of sp³-hybridized carbons (Fsp3) is 0.500. The first kappa shape index (κ1) is 13.7. The Bertz CT molecular complexity index is 443. The van der Waals surface area contributed by atoms with E-state index >= 15 is 0 Å². The molecule has 0 bridgehead atoms. The lowest BCUT2D eigenvalue weighted by Crippen LogP contribution is -2.26. The molecule has 0 aromatic heterocycles. The van der Waals surface area contributed by atoms with E-state index in [4.69, 9.17) is 23.2 Å². The van der Waals surface area contributed by atoms with Gasteiger partial charge in [0.15, 0.2) is 0 Å². The van der Waals surface area contributed by atoms with Gasteiger partial charge in [0.1, 0.15) is 0 Å². The van der Waals surface area contributed by atoms with Crippen molar-refractivity contribution in [2.75, 3.05) is 6.54 Å². The molecule has 1 aliphatic rings. The van der Waals surface area contributed by atoms with Gasteiger partial charge in [-0.15, -0.1) is 0 Å². The summed E-state index contributed by atoms with van der Waals surface area (Å²) in [6, 6.07) is 5.78. The van der Waals surface area contributed by atoms with Crippen LogP contribution in [0.25, 0.3) is 0 Å². The van der Waals surface area contributed by atoms with Crippen molar-refractivity contribution in [2.24, 2.45) is 4.99 Å². The molecule has 18 heavy (non-hydrogen) atoms. The molecule has 0 aliphatic carbocycles. The monoisotopic (exact) mass is 284 g/mol. The lowest BCUT2D eigenvalue weighted by molar-refractivity contribution is 0.693. The average molecular weight is 285 g/mol. The zero-order valence-electron chi connectivity index (χ0n) is 10.5. The number of aliphatic imine (C=N–C) groups is 1. The van der Waals surface area contributed by atoms with E-state index in [2.05, 4.69) is 17.2 Å². The first-order chi connectivity index (χ1) is 8.66. The minimum Gasteiger partial charge on any atom is -0.367 e. The van der Waals surface area contributed by atoms with Crippen LogP contribution in [0.3, 0.4) is 0 Å². The molecule has 0 amide bonds. The van der Waals surface area contributed by atoms with Crippen LogP contribution < -0.4 is 5.32 Å². The maximum Gasteiger partial charge on any atom is 0.0967 e. The van der Waals surface area contributed by atoms with Crippen LogP contribution >= 0.6 is 23.2 Å². The summed E-state index contributed by atoms with van der Waals surface area (Å²) in [6.07, 6.45) is 4.72. The van der Waals surface area contributed by atoms with Crippen molar-refractivity contribution in [1.82, 2.24) is 5.32 Å². The molecular weight excluding hydrogens is 267 g/mol. The zero-order valence-corrected chi connectivity index (χ0v) is 12.1. The van der Waals surface area contributed by atoms with E-state index in [-0.39, 0.29) is 6.04 Å². The Labute approximate surface area is 118 Å². The van der Waals surface area contributed by atoms with Crippen LogP contribution in [0.5, 0.6) is 0 Å². The topological polar surface area (TPSA) is 24.4 Å². The highest BCUT2D eigenvalue weighted by Crippen LogP contribution is 2.26. The van der Waals surface area contributed by atoms with Crippen LogP contribution in [-0.2, 0) is 0 Å². The quantitative estimate of drug-likeness (QED) is 0.842. The third kappa shape index (κ3) is 3.63. The standard InChI is InChI=1S/C14H18Cl2N2/c1-10(12-7-6-11(15)9-13(12)16)18-14-5-3-2-4-8-17-14/h6-7,9-10H,2-5,8H2,1H3,(H,17,18). The van der Waals surface area contributed by atoms with E-state index in [1.54, 1.807) is 6.07 Å². The predicted octanol–water partition coefficient (Wildman–Crippen LogP) is 4.62. The molecule has 1 unspecified atom stereocenters. The maximum atomic E-state index is 6.21. The molecule has 2 rings (SSSR count). The SMILES string of the molecule is CC(NC1=NCCCCC1)c1ccc(Cl)cc1Cl. The number of nitrogens with one attached hydrogen (secondary N) is 1. The van der Waals surface area contributed by atoms with Crippen molar-refractivity contribution in [3.63, 3.8) is 0 Å². The summed E-state index contributed by atoms with van der Waals surface area (Å²) < 4.78 is 0. The van der Waals surface area contributed by atoms with Crippen LogP contribution in [-0.4, -0.2) is 12.4 Å². The first-order valence-electron chi connectivity index (χ1n) is 6.41. The van der Waals surface area contributed by atoms with Crippen LogP contribution in [0, 0.1) is 0 Å². The van der Waals surface area contributed by atoms with E-state index in [0.29, 0.717) is 10.0 Å². The Kier molecular flexibility index (Phi) is 4.90. The summed E-state index contributed by atoms with van der Waals surface area (Å²) in [6.45, 7) is 3.03. The number of halogens is 2. The number of nitrogens with zero attached hydrogens (tertiary/aromatic N) is 1. The second kappa shape index (κ2) is 6.44. The van der Waals surface area contributed by atoms with Crippen LogP contribution in [0.1, 0.15) is 44.2 Å². The maximum absolute atomic E-state index is 6.21. The highest BCUT2D eigenvalue weighted by Gasteiger charge is 2.12. The van der Waals surface area contributed by atoms with Gasteiger partial charge < -0.3 is 5.32 Å². The fourth-order valence-electron chi connectivity index (χ4n) is 2.17. The van der Waals surface area contributed by atoms with Gasteiger partial charge in [0.25, 0.3) is 0 Å². The molecule has 1 aliphatic heterocycles. The molecule has 1 aromatic carbocycles. The minimum absolute atomic E-state index is 0.159. The molecule has 1 atom stereocenters. The molecule has 1 N–H and O–H groups in total. The summed E-state index contributed by atoms with van der Waals surface area (Å²) in [4.78, 5) is 4.57. The highest BCUT2D eigenvalue weighted by molar-refractivity contribution is 6.35. The van der Waals surface area contributed by atoms with Crippen LogP contribution in [0.4, 0.5) is 0 Å². The molecule has 1 aromatic rings. The Morgan fingerprint density at radius 1 is 1.22 bits per heavy atom. The van der Waals surface area contributed by atoms with Gasteiger partial charge in [0, 0.05) is 23.0 Å². The van der Waals surface area contributed by atoms with E-state index < -0.39 is 0 Å². The van der Waals surface area contributed by atoms with Gasteiger partial charge in [-0.1, -0.05) is 35.7 Å². The van der Waals surface area contributed by atoms with Gasteiger partial charge in [0.05, 0.1) is 11.9 Å². The van der Waals surface area contributed by atoms with Crippen molar-refractivity contribution in [2.45, 2.75) is 38.6 Å². The minimum atomic E-state index is 0.159. The number of rotatable bonds is 2. The molecule has 0 saturated carbocycles. The van der Waals surface area contributed by atoms with E-state index in [9.17, 15) is 0 Å². The lowest BCUT2D eigenvalue weighted by Gasteiger charge is -2.18. The molecule has 4 heteroatoms. The Morgan fingerprint density at radius 2 is 2.06 bits per heavy atom. The summed E-state index contributed by atoms with van der Waals surface area (Å²) in [7, 11) is 0. The molecular formula is C14H18Cl2N2. The Balaban J connectivity index is 2.06. The van der Waals surface area contributed by atoms with E-state index in [0.717, 1.165) is 24.4 Å². The second-order valence-electron chi connectivity index (χ2n) is 4.67. The van der Waals surface area contributed by atoms with Crippen molar-refractivity contribution in [3.05, 3.63) is 33.8 Å². The second-order valence-corrected chi connectivity index (χ2v) is 5.51. The van der Waals surface area contributed by atoms with E-state index in [1.165, 1.54) is 19.3 Å². The van der Waals surface area contributed by atoms with Gasteiger partial charge in [-0.05, 0) is 37.5 Å². The average Bonchev–Trinajstić information content (AvgIpc) is 2.57. The van der Waals surface area contributed by atoms with Crippen LogP contribution in [0.15, 0.2) is 23.2 Å². The molecule has 2 nitrogen and oxygen atoms in total. The van der Waals surface area contributed by atoms with Crippen molar-refractivity contribution in [1.29, 1.82) is 0 Å². The lowest BCUT2D eigenvalue weighted by atomic mass is 10.1. The predicted molar refractivity (Wildman–Crippen MR) is 78.8 cm³/mol. The van der Waals surface area contributed by atoms with Crippen molar-refractivity contribution >= 4 is 29.0 Å². The molecule has 98 valence electrons. The molecule has 0 radical (unpaired) electrons. The number of amidine groups is 1. The van der Waals surface area contributed by atoms with Gasteiger partial charge in [-0.3, -0.25) is 4.99 Å². The molecule has 0 spiro atoms. The van der Waals surface area contributed by atoms with Gasteiger partial charge in [0.2, 0.25) is 0 Å².